The Morgan fingerprint density at radius 1 is 1.23 bits per heavy atom. The minimum absolute atomic E-state index is 0.0965. The van der Waals surface area contributed by atoms with Crippen molar-refractivity contribution in [2.45, 2.75) is 32.6 Å². The molecule has 136 valence electrons. The highest BCUT2D eigenvalue weighted by Crippen LogP contribution is 2.37. The Kier molecular flexibility index (Phi) is 4.00. The summed E-state index contributed by atoms with van der Waals surface area (Å²) >= 11 is 6.19. The van der Waals surface area contributed by atoms with Gasteiger partial charge in [0.25, 0.3) is 5.97 Å². The van der Waals surface area contributed by atoms with Crippen molar-refractivity contribution in [1.29, 1.82) is 0 Å². The number of aromatic nitrogens is 1. The summed E-state index contributed by atoms with van der Waals surface area (Å²) in [5, 5.41) is 10.2. The molecule has 1 aliphatic carbocycles. The van der Waals surface area contributed by atoms with Crippen molar-refractivity contribution in [2.75, 3.05) is 13.0 Å². The zero-order valence-corrected chi connectivity index (χ0v) is 15.0. The van der Waals surface area contributed by atoms with Crippen LogP contribution in [0.2, 0.25) is 5.02 Å². The number of carboxylic acids is 1. The zero-order valence-electron chi connectivity index (χ0n) is 20.2. The Morgan fingerprint density at radius 2 is 1.92 bits per heavy atom. The number of nitrogens with zero attached hydrogens (tertiary/aromatic N) is 1. The van der Waals surface area contributed by atoms with Crippen LogP contribution in [0, 0.1) is 0 Å². The summed E-state index contributed by atoms with van der Waals surface area (Å²) in [5.41, 5.74) is 3.75. The molecule has 2 N–H and O–H groups in total. The maximum atomic E-state index is 9.00. The Bertz CT molecular complexity index is 1050. The van der Waals surface area contributed by atoms with Crippen LogP contribution in [0.5, 0.6) is 0 Å². The first-order chi connectivity index (χ1) is 14.8. The van der Waals surface area contributed by atoms with Crippen molar-refractivity contribution >= 4 is 23.1 Å². The molecule has 0 saturated carbocycles. The van der Waals surface area contributed by atoms with Gasteiger partial charge in [0.1, 0.15) is 0 Å². The lowest BCUT2D eigenvalue weighted by atomic mass is 9.89. The lowest BCUT2D eigenvalue weighted by Crippen LogP contribution is -2.24. The van der Waals surface area contributed by atoms with Gasteiger partial charge in [0, 0.05) is 31.9 Å². The van der Waals surface area contributed by atoms with E-state index in [1.807, 2.05) is 18.2 Å². The molecule has 5 heteroatoms. The summed E-state index contributed by atoms with van der Waals surface area (Å²) in [6.07, 6.45) is 0.101. The molecule has 1 aromatic heterocycles. The van der Waals surface area contributed by atoms with Crippen LogP contribution < -0.4 is 5.32 Å². The molecule has 0 spiro atoms. The summed E-state index contributed by atoms with van der Waals surface area (Å²) < 4.78 is 49.7. The predicted molar refractivity (Wildman–Crippen MR) is 105 cm³/mol. The van der Waals surface area contributed by atoms with Crippen LogP contribution in [-0.2, 0) is 17.6 Å². The molecule has 1 fully saturated rings. The zero-order chi connectivity index (χ0) is 23.8. The quantitative estimate of drug-likeness (QED) is 0.726. The van der Waals surface area contributed by atoms with Crippen molar-refractivity contribution in [1.82, 2.24) is 10.3 Å². The van der Waals surface area contributed by atoms with Gasteiger partial charge < -0.3 is 10.4 Å². The Hall–Kier alpha value is -2.17. The van der Waals surface area contributed by atoms with Crippen LogP contribution in [0.15, 0.2) is 42.1 Å². The summed E-state index contributed by atoms with van der Waals surface area (Å²) in [6.45, 7) is -3.56. The third kappa shape index (κ3) is 4.32. The Labute approximate surface area is 167 Å². The SMILES string of the molecule is CC(=O)O.[2H]C1C(=C2c3ccc(Cl)cc3CCc3cccnc32)C([2H])C([2H])([2H])NC1([2H])[2H]. The maximum Gasteiger partial charge on any atom is 0.300 e. The monoisotopic (exact) mass is 376 g/mol. The molecule has 2 aromatic rings. The van der Waals surface area contributed by atoms with Crippen LogP contribution in [0.25, 0.3) is 5.57 Å². The largest absolute Gasteiger partial charge is 0.481 e. The van der Waals surface area contributed by atoms with Gasteiger partial charge in [-0.2, -0.15) is 0 Å². The topological polar surface area (TPSA) is 62.2 Å². The number of nitrogens with one attached hydrogen (secondary N) is 1. The number of pyridine rings is 1. The van der Waals surface area contributed by atoms with Gasteiger partial charge in [0.05, 0.1) is 5.69 Å². The first kappa shape index (κ1) is 12.3. The van der Waals surface area contributed by atoms with Crippen LogP contribution in [0.4, 0.5) is 0 Å². The van der Waals surface area contributed by atoms with E-state index in [9.17, 15) is 0 Å². The normalized spacial score (nSPS) is 28.8. The number of piperidine rings is 1. The lowest BCUT2D eigenvalue weighted by Gasteiger charge is -2.21. The summed E-state index contributed by atoms with van der Waals surface area (Å²) in [4.78, 5) is 13.5. The van der Waals surface area contributed by atoms with E-state index in [2.05, 4.69) is 10.3 Å². The van der Waals surface area contributed by atoms with Gasteiger partial charge in [-0.3, -0.25) is 9.78 Å². The molecule has 2 aliphatic rings. The molecule has 1 aromatic carbocycles. The third-order valence-corrected chi connectivity index (χ3v) is 4.25. The van der Waals surface area contributed by atoms with E-state index >= 15 is 0 Å². The first-order valence-electron chi connectivity index (χ1n) is 11.3. The van der Waals surface area contributed by atoms with E-state index in [1.54, 1.807) is 18.3 Å². The number of aliphatic carboxylic acids is 1. The second-order valence-electron chi connectivity index (χ2n) is 5.86. The number of rotatable bonds is 0. The number of aryl methyl sites for hydroxylation is 2. The molecular formula is C21H23ClN2O2. The molecule has 2 unspecified atom stereocenters. The Balaban J connectivity index is 0.000000668. The van der Waals surface area contributed by atoms with Crippen molar-refractivity contribution in [3.63, 3.8) is 0 Å². The van der Waals surface area contributed by atoms with Crippen LogP contribution in [0.3, 0.4) is 0 Å². The number of hydrogen-bond acceptors (Lipinski definition) is 3. The fourth-order valence-electron chi connectivity index (χ4n) is 3.02. The highest BCUT2D eigenvalue weighted by atomic mass is 35.5. The van der Waals surface area contributed by atoms with E-state index in [1.165, 1.54) is 0 Å². The molecule has 0 radical (unpaired) electrons. The second kappa shape index (κ2) is 8.47. The number of fused-ring (bicyclic) bond motifs is 2. The standard InChI is InChI=1S/C19H19ClN2.C2H4O2/c20-16-5-6-17-15(12-16)4-3-14-2-1-9-22-19(14)18(17)13-7-10-21-11-8-13;1-2(3)4/h1-2,5-6,9,12,21H,3-4,7-8,10-11H2;1H3,(H,3,4)/i7D,8D,10D2,11D2;. The van der Waals surface area contributed by atoms with Crippen molar-refractivity contribution in [3.05, 3.63) is 69.5 Å². The third-order valence-electron chi connectivity index (χ3n) is 4.02. The van der Waals surface area contributed by atoms with Gasteiger partial charge in [-0.05, 0) is 73.5 Å². The minimum atomic E-state index is -2.32. The van der Waals surface area contributed by atoms with Gasteiger partial charge in [0.2, 0.25) is 0 Å². The lowest BCUT2D eigenvalue weighted by molar-refractivity contribution is -0.134. The smallest absolute Gasteiger partial charge is 0.300 e. The Morgan fingerprint density at radius 3 is 2.65 bits per heavy atom. The van der Waals surface area contributed by atoms with E-state index < -0.39 is 31.8 Å². The molecule has 4 nitrogen and oxygen atoms in total. The maximum absolute atomic E-state index is 9.00. The molecule has 2 heterocycles. The van der Waals surface area contributed by atoms with Crippen molar-refractivity contribution in [2.24, 2.45) is 0 Å². The number of hydrogen-bond donors (Lipinski definition) is 2. The van der Waals surface area contributed by atoms with Crippen LogP contribution >= 0.6 is 11.6 Å². The fourth-order valence-corrected chi connectivity index (χ4v) is 3.22. The molecule has 1 aliphatic heterocycles. The molecule has 26 heavy (non-hydrogen) atoms. The molecule has 0 bridgehead atoms. The minimum Gasteiger partial charge on any atom is -0.481 e. The van der Waals surface area contributed by atoms with E-state index in [-0.39, 0.29) is 5.57 Å². The molecule has 1 saturated heterocycles. The highest BCUT2D eigenvalue weighted by Gasteiger charge is 2.23. The summed E-state index contributed by atoms with van der Waals surface area (Å²) in [5.74, 6) is -0.833. The van der Waals surface area contributed by atoms with E-state index in [0.29, 0.717) is 29.1 Å². The van der Waals surface area contributed by atoms with Gasteiger partial charge in [0.15, 0.2) is 0 Å². The van der Waals surface area contributed by atoms with Gasteiger partial charge in [-0.25, -0.2) is 0 Å². The van der Waals surface area contributed by atoms with Crippen molar-refractivity contribution < 1.29 is 18.1 Å². The summed E-state index contributed by atoms with van der Waals surface area (Å²) in [6, 6.07) is 9.11. The van der Waals surface area contributed by atoms with Gasteiger partial charge >= 0.3 is 0 Å². The van der Waals surface area contributed by atoms with Crippen LogP contribution in [-0.4, -0.2) is 29.1 Å². The van der Waals surface area contributed by atoms with Crippen LogP contribution in [0.1, 0.15) is 50.3 Å². The van der Waals surface area contributed by atoms with E-state index in [4.69, 9.17) is 29.7 Å². The predicted octanol–water partition coefficient (Wildman–Crippen LogP) is 4.11. The second-order valence-corrected chi connectivity index (χ2v) is 6.30. The average Bonchev–Trinajstić information content (AvgIpc) is 2.83. The molecular weight excluding hydrogens is 348 g/mol. The highest BCUT2D eigenvalue weighted by molar-refractivity contribution is 6.30. The number of halogens is 1. The van der Waals surface area contributed by atoms with Crippen molar-refractivity contribution in [3.8, 4) is 0 Å². The van der Waals surface area contributed by atoms with Gasteiger partial charge in [-0.15, -0.1) is 0 Å². The first-order valence-corrected chi connectivity index (χ1v) is 8.53. The number of carbonyl (C=O) groups is 1. The summed E-state index contributed by atoms with van der Waals surface area (Å²) in [7, 11) is 0. The molecule has 4 rings (SSSR count). The molecule has 0 amide bonds. The van der Waals surface area contributed by atoms with E-state index in [0.717, 1.165) is 23.6 Å². The molecule has 2 atom stereocenters. The van der Waals surface area contributed by atoms with Gasteiger partial charge in [-0.1, -0.05) is 29.3 Å². The fraction of sp³-hybridized carbons (Fsp3) is 0.333. The number of benzene rings is 1. The average molecular weight is 377 g/mol. The number of carboxylic acid groups (broad SMARTS) is 1.